The van der Waals surface area contributed by atoms with Crippen LogP contribution < -0.4 is 25.8 Å². The summed E-state index contributed by atoms with van der Waals surface area (Å²) in [5.74, 6) is -1.48. The number of rotatable bonds is 11. The Morgan fingerprint density at radius 1 is 0.820 bits per heavy atom. The fourth-order valence-electron chi connectivity index (χ4n) is 8.71. The number of carbonyl (C=O) groups is 6. The molecule has 1 atom stereocenters. The molecule has 4 aromatic rings. The van der Waals surface area contributed by atoms with Crippen molar-refractivity contribution in [2.75, 3.05) is 41.3 Å². The first-order valence-corrected chi connectivity index (χ1v) is 20.9. The molecule has 3 aliphatic heterocycles. The second kappa shape index (κ2) is 18.0. The third-order valence-corrected chi connectivity index (χ3v) is 12.1. The summed E-state index contributed by atoms with van der Waals surface area (Å²) in [5.41, 5.74) is 4.51. The predicted octanol–water partition coefficient (Wildman–Crippen LogP) is 4.78. The number of nitrogens with zero attached hydrogens (tertiary/aromatic N) is 6. The molecule has 0 bridgehead atoms. The van der Waals surface area contributed by atoms with Crippen molar-refractivity contribution in [2.45, 2.75) is 76.0 Å². The van der Waals surface area contributed by atoms with Crippen LogP contribution in [-0.2, 0) is 27.3 Å². The number of aryl methyl sites for hydroxylation is 1. The van der Waals surface area contributed by atoms with E-state index in [1.54, 1.807) is 30.5 Å². The predicted molar refractivity (Wildman–Crippen MR) is 226 cm³/mol. The van der Waals surface area contributed by atoms with Crippen molar-refractivity contribution < 1.29 is 28.8 Å². The molecule has 1 unspecified atom stereocenters. The molecule has 3 aromatic carbocycles. The largest absolute Gasteiger partial charge is 0.368 e. The molecule has 1 aromatic heterocycles. The molecule has 1 saturated carbocycles. The van der Waals surface area contributed by atoms with Gasteiger partial charge in [0.15, 0.2) is 0 Å². The van der Waals surface area contributed by atoms with Crippen LogP contribution in [0.25, 0.3) is 0 Å². The van der Waals surface area contributed by atoms with Gasteiger partial charge in [0, 0.05) is 75.2 Å². The maximum Gasteiger partial charge on any atom is 0.322 e. The van der Waals surface area contributed by atoms with Gasteiger partial charge in [0.2, 0.25) is 17.7 Å². The smallest absolute Gasteiger partial charge is 0.322 e. The lowest BCUT2D eigenvalue weighted by Crippen LogP contribution is -2.54. The monoisotopic (exact) mass is 821 g/mol. The Morgan fingerprint density at radius 2 is 1.56 bits per heavy atom. The number of urea groups is 1. The van der Waals surface area contributed by atoms with Gasteiger partial charge in [-0.15, -0.1) is 0 Å². The minimum absolute atomic E-state index is 0.00156. The second-order valence-electron chi connectivity index (χ2n) is 15.9. The van der Waals surface area contributed by atoms with Crippen LogP contribution in [0.1, 0.15) is 82.4 Å². The van der Waals surface area contributed by atoms with Gasteiger partial charge in [0.25, 0.3) is 11.8 Å². The minimum atomic E-state index is -1.03. The van der Waals surface area contributed by atoms with Crippen molar-refractivity contribution in [3.8, 4) is 6.07 Å². The van der Waals surface area contributed by atoms with E-state index in [0.717, 1.165) is 58.9 Å². The van der Waals surface area contributed by atoms with E-state index in [1.807, 2.05) is 70.5 Å². The lowest BCUT2D eigenvalue weighted by Gasteiger charge is -2.38. The summed E-state index contributed by atoms with van der Waals surface area (Å²) in [7, 11) is 0. The van der Waals surface area contributed by atoms with Crippen molar-refractivity contribution in [1.82, 2.24) is 25.4 Å². The topological polar surface area (TPSA) is 188 Å². The number of imide groups is 2. The third kappa shape index (κ3) is 9.08. The Labute approximate surface area is 353 Å². The minimum Gasteiger partial charge on any atom is -0.368 e. The Balaban J connectivity index is 0.853. The Bertz CT molecular complexity index is 2350. The standard InChI is InChI=1S/C46H47N9O6/c47-27-32-7-19-40(48-29-32)50-33-9-11-35(12-10-33)54(46(61)49-28-31-4-2-1-3-5-31)36-15-13-34(14-16-36)52-22-24-53(25-23-52)42(57)21-8-30-6-17-37-38(26-30)45(60)55(44(37)59)39-18-20-41(56)51-43(39)58/h1-7,13-17,19,26,29,33,35,39H,8-12,18,20-25,28H2,(H,48,50)(H,49,61)(H,51,56,58). The second-order valence-corrected chi connectivity index (χ2v) is 15.9. The summed E-state index contributed by atoms with van der Waals surface area (Å²) >= 11 is 0. The highest BCUT2D eigenvalue weighted by Crippen LogP contribution is 2.32. The van der Waals surface area contributed by atoms with Gasteiger partial charge < -0.3 is 20.4 Å². The van der Waals surface area contributed by atoms with E-state index in [4.69, 9.17) is 5.26 Å². The van der Waals surface area contributed by atoms with Crippen LogP contribution in [0.5, 0.6) is 0 Å². The molecule has 0 spiro atoms. The highest BCUT2D eigenvalue weighted by Gasteiger charge is 2.44. The number of amides is 7. The van der Waals surface area contributed by atoms with Gasteiger partial charge in [-0.25, -0.2) is 9.78 Å². The highest BCUT2D eigenvalue weighted by molar-refractivity contribution is 6.23. The molecule has 3 fully saturated rings. The van der Waals surface area contributed by atoms with E-state index in [2.05, 4.69) is 31.9 Å². The van der Waals surface area contributed by atoms with E-state index in [9.17, 15) is 28.8 Å². The van der Waals surface area contributed by atoms with Gasteiger partial charge >= 0.3 is 6.03 Å². The average Bonchev–Trinajstić information content (AvgIpc) is 3.54. The normalized spacial score (nSPS) is 20.1. The van der Waals surface area contributed by atoms with Crippen LogP contribution in [0.2, 0.25) is 0 Å². The number of benzene rings is 3. The number of piperidine rings is 1. The lowest BCUT2D eigenvalue weighted by molar-refractivity contribution is -0.136. The SMILES string of the molecule is N#Cc1ccc(NC2CCC(N(C(=O)NCc3ccccc3)c3ccc(N4CCN(C(=O)CCc5ccc6c(c5)C(=O)N(C5CCC(=O)NC5=O)C6=O)CC4)cc3)CC2)nc1. The zero-order chi connectivity index (χ0) is 42.5. The maximum absolute atomic E-state index is 13.9. The molecule has 15 nitrogen and oxygen atoms in total. The summed E-state index contributed by atoms with van der Waals surface area (Å²) in [6.45, 7) is 2.79. The lowest BCUT2D eigenvalue weighted by atomic mass is 9.90. The zero-order valence-corrected chi connectivity index (χ0v) is 33.7. The van der Waals surface area contributed by atoms with Crippen molar-refractivity contribution in [2.24, 2.45) is 0 Å². The Morgan fingerprint density at radius 3 is 2.25 bits per heavy atom. The van der Waals surface area contributed by atoms with E-state index in [-0.39, 0.29) is 54.4 Å². The number of hydrogen-bond donors (Lipinski definition) is 3. The number of carbonyl (C=O) groups excluding carboxylic acids is 6. The molecule has 1 aliphatic carbocycles. The van der Waals surface area contributed by atoms with Gasteiger partial charge in [-0.3, -0.25) is 39.1 Å². The number of hydrogen-bond acceptors (Lipinski definition) is 10. The average molecular weight is 822 g/mol. The number of aromatic nitrogens is 1. The Kier molecular flexibility index (Phi) is 12.0. The molecular weight excluding hydrogens is 775 g/mol. The molecule has 312 valence electrons. The number of pyridine rings is 1. The zero-order valence-electron chi connectivity index (χ0n) is 33.7. The first kappa shape index (κ1) is 40.7. The van der Waals surface area contributed by atoms with Crippen LogP contribution in [0, 0.1) is 11.3 Å². The van der Waals surface area contributed by atoms with Gasteiger partial charge in [-0.05, 0) is 98.2 Å². The number of nitrogens with one attached hydrogen (secondary N) is 3. The van der Waals surface area contributed by atoms with Crippen molar-refractivity contribution in [3.05, 3.63) is 119 Å². The molecule has 3 N–H and O–H groups in total. The van der Waals surface area contributed by atoms with Crippen LogP contribution in [-0.4, -0.2) is 94.7 Å². The maximum atomic E-state index is 13.9. The van der Waals surface area contributed by atoms with Gasteiger partial charge in [-0.1, -0.05) is 36.4 Å². The molecule has 8 rings (SSSR count). The summed E-state index contributed by atoms with van der Waals surface area (Å²) in [4.78, 5) is 88.9. The highest BCUT2D eigenvalue weighted by atomic mass is 16.2. The first-order valence-electron chi connectivity index (χ1n) is 20.9. The molecular formula is C46H47N9O6. The summed E-state index contributed by atoms with van der Waals surface area (Å²) in [5, 5.41) is 17.9. The van der Waals surface area contributed by atoms with Gasteiger partial charge in [-0.2, -0.15) is 5.26 Å². The van der Waals surface area contributed by atoms with E-state index in [0.29, 0.717) is 44.7 Å². The van der Waals surface area contributed by atoms with E-state index >= 15 is 0 Å². The summed E-state index contributed by atoms with van der Waals surface area (Å²) < 4.78 is 0. The summed E-state index contributed by atoms with van der Waals surface area (Å²) in [6.07, 6.45) is 5.64. The number of nitriles is 1. The molecule has 4 aliphatic rings. The number of fused-ring (bicyclic) bond motifs is 1. The Hall–Kier alpha value is -7.08. The fraction of sp³-hybridized carbons (Fsp3) is 0.348. The van der Waals surface area contributed by atoms with Gasteiger partial charge in [0.1, 0.15) is 17.9 Å². The molecule has 2 saturated heterocycles. The fourth-order valence-corrected chi connectivity index (χ4v) is 8.71. The summed E-state index contributed by atoms with van der Waals surface area (Å²) in [6, 6.07) is 27.5. The molecule has 4 heterocycles. The molecule has 7 amide bonds. The van der Waals surface area contributed by atoms with Crippen LogP contribution in [0.3, 0.4) is 0 Å². The van der Waals surface area contributed by atoms with Gasteiger partial charge in [0.05, 0.1) is 16.7 Å². The first-order chi connectivity index (χ1) is 29.6. The number of piperazine rings is 1. The molecule has 61 heavy (non-hydrogen) atoms. The van der Waals surface area contributed by atoms with Crippen molar-refractivity contribution in [1.29, 1.82) is 5.26 Å². The van der Waals surface area contributed by atoms with Crippen LogP contribution >= 0.6 is 0 Å². The van der Waals surface area contributed by atoms with Crippen molar-refractivity contribution in [3.63, 3.8) is 0 Å². The molecule has 15 heteroatoms. The quantitative estimate of drug-likeness (QED) is 0.178. The molecule has 0 radical (unpaired) electrons. The van der Waals surface area contributed by atoms with E-state index in [1.165, 1.54) is 0 Å². The third-order valence-electron chi connectivity index (χ3n) is 12.1. The van der Waals surface area contributed by atoms with E-state index < -0.39 is 29.7 Å². The van der Waals surface area contributed by atoms with Crippen LogP contribution in [0.4, 0.5) is 22.0 Å². The number of anilines is 3. The van der Waals surface area contributed by atoms with Crippen molar-refractivity contribution >= 4 is 52.8 Å². The van der Waals surface area contributed by atoms with Crippen LogP contribution in [0.15, 0.2) is 91.1 Å².